The highest BCUT2D eigenvalue weighted by Crippen LogP contribution is 2.14. The summed E-state index contributed by atoms with van der Waals surface area (Å²) in [6.07, 6.45) is 1.53. The van der Waals surface area contributed by atoms with Crippen molar-refractivity contribution in [3.8, 4) is 0 Å². The Morgan fingerprint density at radius 3 is 2.75 bits per heavy atom. The average Bonchev–Trinajstić information content (AvgIpc) is 2.60. The maximum atomic E-state index is 12.1. The van der Waals surface area contributed by atoms with Crippen molar-refractivity contribution >= 4 is 12.1 Å². The molecule has 1 heterocycles. The lowest BCUT2D eigenvalue weighted by atomic mass is 10.2. The first-order valence-electron chi connectivity index (χ1n) is 8.08. The normalized spacial score (nSPS) is 18.6. The molecule has 24 heavy (non-hydrogen) atoms. The van der Waals surface area contributed by atoms with Gasteiger partial charge in [0, 0.05) is 13.0 Å². The molecule has 0 radical (unpaired) electrons. The molecule has 0 bridgehead atoms. The van der Waals surface area contributed by atoms with Crippen LogP contribution in [0.15, 0.2) is 30.3 Å². The lowest BCUT2D eigenvalue weighted by molar-refractivity contribution is -0.166. The molecule has 2 atom stereocenters. The third-order valence-electron chi connectivity index (χ3n) is 3.65. The lowest BCUT2D eigenvalue weighted by Crippen LogP contribution is -2.42. The van der Waals surface area contributed by atoms with Crippen molar-refractivity contribution in [2.45, 2.75) is 44.6 Å². The molecule has 0 aromatic heterocycles. The summed E-state index contributed by atoms with van der Waals surface area (Å²) in [5.74, 6) is -0.616. The Labute approximate surface area is 140 Å². The van der Waals surface area contributed by atoms with Crippen LogP contribution in [0, 0.1) is 0 Å². The number of benzene rings is 1. The van der Waals surface area contributed by atoms with Crippen LogP contribution in [-0.2, 0) is 25.6 Å². The molecule has 7 nitrogen and oxygen atoms in total. The predicted molar refractivity (Wildman–Crippen MR) is 85.3 cm³/mol. The summed E-state index contributed by atoms with van der Waals surface area (Å²) >= 11 is 0. The molecule has 1 aliphatic heterocycles. The maximum Gasteiger partial charge on any atom is 0.405 e. The second kappa shape index (κ2) is 9.89. The Balaban J connectivity index is 1.77. The van der Waals surface area contributed by atoms with Crippen molar-refractivity contribution in [3.05, 3.63) is 35.9 Å². The highest BCUT2D eigenvalue weighted by molar-refractivity contribution is 5.80. The third-order valence-corrected chi connectivity index (χ3v) is 3.65. The standard InChI is InChI=1S/C17H23NO6/c19-16(24-12-13-6-2-1-3-7-13)14(18-17(20)21)9-11-23-15-8-4-5-10-22-15/h1-3,6-7,14-15,18H,4-5,8-12H2,(H,20,21)/t14?,15-/m0/s1. The Bertz CT molecular complexity index is 515. The van der Waals surface area contributed by atoms with Gasteiger partial charge in [-0.05, 0) is 24.8 Å². The van der Waals surface area contributed by atoms with Gasteiger partial charge < -0.3 is 24.6 Å². The minimum absolute atomic E-state index is 0.101. The molecule has 132 valence electrons. The van der Waals surface area contributed by atoms with Gasteiger partial charge in [0.1, 0.15) is 12.6 Å². The molecule has 1 aliphatic rings. The van der Waals surface area contributed by atoms with E-state index in [1.54, 1.807) is 0 Å². The largest absolute Gasteiger partial charge is 0.465 e. The van der Waals surface area contributed by atoms with Crippen molar-refractivity contribution < 1.29 is 28.9 Å². The first-order valence-corrected chi connectivity index (χ1v) is 8.08. The minimum atomic E-state index is -1.27. The van der Waals surface area contributed by atoms with Crippen LogP contribution < -0.4 is 5.32 Å². The smallest absolute Gasteiger partial charge is 0.405 e. The summed E-state index contributed by atoms with van der Waals surface area (Å²) in [6, 6.07) is 8.25. The van der Waals surface area contributed by atoms with Gasteiger partial charge in [-0.1, -0.05) is 30.3 Å². The van der Waals surface area contributed by atoms with Crippen LogP contribution in [0.2, 0.25) is 0 Å². The Hall–Kier alpha value is -2.12. The Morgan fingerprint density at radius 1 is 1.29 bits per heavy atom. The van der Waals surface area contributed by atoms with Crippen molar-refractivity contribution in [1.82, 2.24) is 5.32 Å². The average molecular weight is 337 g/mol. The Morgan fingerprint density at radius 2 is 2.08 bits per heavy atom. The van der Waals surface area contributed by atoms with Gasteiger partial charge in [0.2, 0.25) is 0 Å². The number of carbonyl (C=O) groups is 2. The molecule has 2 N–H and O–H groups in total. The fourth-order valence-electron chi connectivity index (χ4n) is 2.39. The van der Waals surface area contributed by atoms with Crippen LogP contribution >= 0.6 is 0 Å². The third kappa shape index (κ3) is 6.55. The van der Waals surface area contributed by atoms with E-state index in [2.05, 4.69) is 5.32 Å². The minimum Gasteiger partial charge on any atom is -0.465 e. The number of hydrogen-bond donors (Lipinski definition) is 2. The van der Waals surface area contributed by atoms with E-state index >= 15 is 0 Å². The maximum absolute atomic E-state index is 12.1. The molecular formula is C17H23NO6. The molecular weight excluding hydrogens is 314 g/mol. The van der Waals surface area contributed by atoms with E-state index in [0.717, 1.165) is 24.8 Å². The van der Waals surface area contributed by atoms with Gasteiger partial charge in [-0.2, -0.15) is 0 Å². The van der Waals surface area contributed by atoms with Gasteiger partial charge in [-0.3, -0.25) is 0 Å². The summed E-state index contributed by atoms with van der Waals surface area (Å²) < 4.78 is 16.2. The van der Waals surface area contributed by atoms with E-state index in [9.17, 15) is 9.59 Å². The topological polar surface area (TPSA) is 94.1 Å². The molecule has 0 aliphatic carbocycles. The van der Waals surface area contributed by atoms with Gasteiger partial charge >= 0.3 is 12.1 Å². The first kappa shape index (κ1) is 18.2. The Kier molecular flexibility index (Phi) is 7.51. The molecule has 7 heteroatoms. The van der Waals surface area contributed by atoms with Crippen molar-refractivity contribution in [1.29, 1.82) is 0 Å². The van der Waals surface area contributed by atoms with Crippen LogP contribution in [0.4, 0.5) is 4.79 Å². The van der Waals surface area contributed by atoms with E-state index in [1.807, 2.05) is 30.3 Å². The molecule has 1 amide bonds. The summed E-state index contributed by atoms with van der Waals surface area (Å²) in [5, 5.41) is 11.1. The lowest BCUT2D eigenvalue weighted by Gasteiger charge is -2.23. The fraction of sp³-hybridized carbons (Fsp3) is 0.529. The van der Waals surface area contributed by atoms with E-state index in [1.165, 1.54) is 0 Å². The second-order valence-corrected chi connectivity index (χ2v) is 5.55. The number of carboxylic acid groups (broad SMARTS) is 1. The second-order valence-electron chi connectivity index (χ2n) is 5.55. The van der Waals surface area contributed by atoms with E-state index in [4.69, 9.17) is 19.3 Å². The summed E-state index contributed by atoms with van der Waals surface area (Å²) in [6.45, 7) is 0.987. The van der Waals surface area contributed by atoms with E-state index in [0.29, 0.717) is 6.61 Å². The van der Waals surface area contributed by atoms with Crippen molar-refractivity contribution in [2.75, 3.05) is 13.2 Å². The highest BCUT2D eigenvalue weighted by Gasteiger charge is 2.23. The number of amides is 1. The molecule has 0 spiro atoms. The number of carbonyl (C=O) groups excluding carboxylic acids is 1. The molecule has 0 saturated carbocycles. The first-order chi connectivity index (χ1) is 11.6. The number of nitrogens with one attached hydrogen (secondary N) is 1. The van der Waals surface area contributed by atoms with E-state index in [-0.39, 0.29) is 25.9 Å². The molecule has 1 aromatic carbocycles. The molecule has 1 fully saturated rings. The monoisotopic (exact) mass is 337 g/mol. The van der Waals surface area contributed by atoms with Crippen molar-refractivity contribution in [2.24, 2.45) is 0 Å². The molecule has 1 aromatic rings. The number of rotatable bonds is 8. The number of hydrogen-bond acceptors (Lipinski definition) is 5. The molecule has 2 rings (SSSR count). The van der Waals surface area contributed by atoms with Gasteiger partial charge in [0.15, 0.2) is 6.29 Å². The van der Waals surface area contributed by atoms with Gasteiger partial charge in [-0.15, -0.1) is 0 Å². The van der Waals surface area contributed by atoms with Crippen LogP contribution in [0.1, 0.15) is 31.2 Å². The number of ether oxygens (including phenoxy) is 3. The highest BCUT2D eigenvalue weighted by atomic mass is 16.7. The van der Waals surface area contributed by atoms with Crippen LogP contribution in [0.5, 0.6) is 0 Å². The predicted octanol–water partition coefficient (Wildman–Crippen LogP) is 2.30. The van der Waals surface area contributed by atoms with Gasteiger partial charge in [-0.25, -0.2) is 9.59 Å². The zero-order valence-electron chi connectivity index (χ0n) is 13.5. The SMILES string of the molecule is O=C(O)NC(CCO[C@H]1CCCCO1)C(=O)OCc1ccccc1. The zero-order chi connectivity index (χ0) is 17.2. The summed E-state index contributed by atoms with van der Waals surface area (Å²) in [4.78, 5) is 23.0. The van der Waals surface area contributed by atoms with Gasteiger partial charge in [0.05, 0.1) is 6.61 Å². The summed E-state index contributed by atoms with van der Waals surface area (Å²) in [5.41, 5.74) is 0.840. The van der Waals surface area contributed by atoms with Crippen LogP contribution in [0.3, 0.4) is 0 Å². The summed E-state index contributed by atoms with van der Waals surface area (Å²) in [7, 11) is 0. The molecule has 1 saturated heterocycles. The zero-order valence-corrected chi connectivity index (χ0v) is 13.5. The number of esters is 1. The fourth-order valence-corrected chi connectivity index (χ4v) is 2.39. The van der Waals surface area contributed by atoms with E-state index < -0.39 is 18.1 Å². The van der Waals surface area contributed by atoms with Crippen LogP contribution in [-0.4, -0.2) is 42.7 Å². The quantitative estimate of drug-likeness (QED) is 0.707. The van der Waals surface area contributed by atoms with Gasteiger partial charge in [0.25, 0.3) is 0 Å². The molecule has 1 unspecified atom stereocenters. The van der Waals surface area contributed by atoms with Crippen molar-refractivity contribution in [3.63, 3.8) is 0 Å². The van der Waals surface area contributed by atoms with Crippen LogP contribution in [0.25, 0.3) is 0 Å².